The number of fused-ring (bicyclic) bond motifs is 14. The zero-order valence-corrected chi connectivity index (χ0v) is 37.8. The van der Waals surface area contributed by atoms with Crippen molar-refractivity contribution in [3.63, 3.8) is 0 Å². The van der Waals surface area contributed by atoms with Crippen LogP contribution in [0.1, 0.15) is 46.2 Å². The summed E-state index contributed by atoms with van der Waals surface area (Å²) >= 11 is 0. The number of para-hydroxylation sites is 1. The normalized spacial score (nSPS) is 13.8. The van der Waals surface area contributed by atoms with E-state index in [0.717, 1.165) is 17.1 Å². The molecule has 1 nitrogen and oxygen atoms in total. The standard InChI is InChI=1S/C67H47N/c1-2-19-51(20-3-1)68(52-38-36-46(37-39-52)59-41-50-18-6-7-21-53(50)54-22-8-9-23-55(54)59)66-43-65-61(42-60(66)47-33-30-45(31-34-47)49-35-32-44-16-4-5-17-48(44)40-49)58-26-12-15-29-64(58)67(65)62-27-13-10-24-56(62)57-25-11-14-28-63(57)67/h1-3,6-15,18-43H,4-5,16-17H2. The van der Waals surface area contributed by atoms with Gasteiger partial charge in [-0.1, -0.05) is 194 Å². The molecule has 1 heteroatoms. The maximum absolute atomic E-state index is 2.55. The molecule has 3 aliphatic carbocycles. The van der Waals surface area contributed by atoms with Crippen molar-refractivity contribution in [2.75, 3.05) is 4.90 Å². The third-order valence-corrected chi connectivity index (χ3v) is 15.5. The Kier molecular flexibility index (Phi) is 8.83. The Hall–Kier alpha value is -8.26. The van der Waals surface area contributed by atoms with Gasteiger partial charge in [0.2, 0.25) is 0 Å². The number of hydrogen-bond donors (Lipinski definition) is 0. The summed E-state index contributed by atoms with van der Waals surface area (Å²) in [5.74, 6) is 0. The molecular formula is C67H47N. The zero-order chi connectivity index (χ0) is 44.8. The smallest absolute Gasteiger partial charge is 0.0726 e. The summed E-state index contributed by atoms with van der Waals surface area (Å²) < 4.78 is 0. The van der Waals surface area contributed by atoms with E-state index in [-0.39, 0.29) is 0 Å². The highest BCUT2D eigenvalue weighted by Gasteiger charge is 2.52. The van der Waals surface area contributed by atoms with Gasteiger partial charge in [-0.15, -0.1) is 0 Å². The van der Waals surface area contributed by atoms with Crippen molar-refractivity contribution in [2.24, 2.45) is 0 Å². The molecule has 0 saturated carbocycles. The average molecular weight is 866 g/mol. The maximum Gasteiger partial charge on any atom is 0.0726 e. The Bertz CT molecular complexity index is 3740. The molecule has 1 spiro atoms. The summed E-state index contributed by atoms with van der Waals surface area (Å²) in [6, 6.07) is 89.2. The number of nitrogens with zero attached hydrogens (tertiary/aromatic N) is 1. The molecular weight excluding hydrogens is 819 g/mol. The van der Waals surface area contributed by atoms with Crippen molar-refractivity contribution in [3.8, 4) is 55.6 Å². The van der Waals surface area contributed by atoms with E-state index in [1.54, 1.807) is 0 Å². The molecule has 0 aliphatic heterocycles. The van der Waals surface area contributed by atoms with Gasteiger partial charge in [0.1, 0.15) is 0 Å². The van der Waals surface area contributed by atoms with E-state index >= 15 is 0 Å². The minimum absolute atomic E-state index is 0.480. The van der Waals surface area contributed by atoms with Gasteiger partial charge >= 0.3 is 0 Å². The van der Waals surface area contributed by atoms with Gasteiger partial charge in [0.05, 0.1) is 11.1 Å². The second kappa shape index (κ2) is 15.4. The molecule has 0 heterocycles. The number of rotatable bonds is 6. The fraction of sp³-hybridized carbons (Fsp3) is 0.0746. The van der Waals surface area contributed by atoms with Gasteiger partial charge in [-0.3, -0.25) is 0 Å². The van der Waals surface area contributed by atoms with E-state index in [9.17, 15) is 0 Å². The summed E-state index contributed by atoms with van der Waals surface area (Å²) in [7, 11) is 0. The van der Waals surface area contributed by atoms with Crippen molar-refractivity contribution >= 4 is 38.6 Å². The number of hydrogen-bond acceptors (Lipinski definition) is 1. The number of benzene rings is 11. The maximum atomic E-state index is 2.55. The minimum Gasteiger partial charge on any atom is -0.310 e. The summed E-state index contributed by atoms with van der Waals surface area (Å²) in [6.07, 6.45) is 4.94. The van der Waals surface area contributed by atoms with Crippen LogP contribution in [0, 0.1) is 0 Å². The molecule has 0 saturated heterocycles. The van der Waals surface area contributed by atoms with Gasteiger partial charge in [0.15, 0.2) is 0 Å². The topological polar surface area (TPSA) is 3.24 Å². The Balaban J connectivity index is 1.00. The molecule has 0 N–H and O–H groups in total. The first-order chi connectivity index (χ1) is 33.7. The molecule has 0 aromatic heterocycles. The lowest BCUT2D eigenvalue weighted by molar-refractivity contribution is 0.686. The van der Waals surface area contributed by atoms with Crippen molar-refractivity contribution in [1.29, 1.82) is 0 Å². The predicted octanol–water partition coefficient (Wildman–Crippen LogP) is 17.7. The first kappa shape index (κ1) is 39.0. The summed E-state index contributed by atoms with van der Waals surface area (Å²) in [5.41, 5.74) is 23.9. The van der Waals surface area contributed by atoms with Crippen LogP contribution in [0.3, 0.4) is 0 Å². The second-order valence-corrected chi connectivity index (χ2v) is 19.0. The van der Waals surface area contributed by atoms with Crippen LogP contribution in [0.2, 0.25) is 0 Å². The Labute approximate surface area is 398 Å². The summed E-state index contributed by atoms with van der Waals surface area (Å²) in [6.45, 7) is 0. The molecule has 0 radical (unpaired) electrons. The molecule has 3 aliphatic rings. The van der Waals surface area contributed by atoms with Gasteiger partial charge in [-0.05, 0) is 173 Å². The van der Waals surface area contributed by atoms with Crippen LogP contribution in [0.15, 0.2) is 237 Å². The average Bonchev–Trinajstić information content (AvgIpc) is 3.88. The molecule has 0 fully saturated rings. The lowest BCUT2D eigenvalue weighted by Gasteiger charge is -2.33. The van der Waals surface area contributed by atoms with Crippen LogP contribution in [0.4, 0.5) is 17.1 Å². The first-order valence-corrected chi connectivity index (χ1v) is 24.3. The quantitative estimate of drug-likeness (QED) is 0.151. The molecule has 0 atom stereocenters. The summed E-state index contributed by atoms with van der Waals surface area (Å²) in [5, 5.41) is 5.08. The third kappa shape index (κ3) is 5.82. The van der Waals surface area contributed by atoms with Crippen LogP contribution < -0.4 is 4.90 Å². The van der Waals surface area contributed by atoms with Crippen molar-refractivity contribution in [3.05, 3.63) is 270 Å². The number of anilines is 3. The lowest BCUT2D eigenvalue weighted by atomic mass is 9.70. The Morgan fingerprint density at radius 3 is 1.51 bits per heavy atom. The largest absolute Gasteiger partial charge is 0.310 e. The van der Waals surface area contributed by atoms with Crippen LogP contribution in [-0.4, -0.2) is 0 Å². The molecule has 0 amide bonds. The van der Waals surface area contributed by atoms with Crippen molar-refractivity contribution < 1.29 is 0 Å². The number of aryl methyl sites for hydroxylation is 2. The molecule has 320 valence electrons. The van der Waals surface area contributed by atoms with E-state index in [1.165, 1.54) is 136 Å². The fourth-order valence-electron chi connectivity index (χ4n) is 12.4. The monoisotopic (exact) mass is 865 g/mol. The van der Waals surface area contributed by atoms with Gasteiger partial charge in [-0.2, -0.15) is 0 Å². The van der Waals surface area contributed by atoms with E-state index in [1.807, 2.05) is 0 Å². The molecule has 0 unspecified atom stereocenters. The molecule has 14 rings (SSSR count). The highest BCUT2D eigenvalue weighted by Crippen LogP contribution is 2.64. The van der Waals surface area contributed by atoms with E-state index in [2.05, 4.69) is 241 Å². The minimum atomic E-state index is -0.480. The van der Waals surface area contributed by atoms with Crippen LogP contribution in [0.25, 0.3) is 77.2 Å². The van der Waals surface area contributed by atoms with E-state index in [4.69, 9.17) is 0 Å². The first-order valence-electron chi connectivity index (χ1n) is 24.3. The molecule has 0 bridgehead atoms. The second-order valence-electron chi connectivity index (χ2n) is 19.0. The molecule has 11 aromatic carbocycles. The van der Waals surface area contributed by atoms with Crippen LogP contribution in [-0.2, 0) is 18.3 Å². The third-order valence-electron chi connectivity index (χ3n) is 15.5. The van der Waals surface area contributed by atoms with Gasteiger partial charge < -0.3 is 4.90 Å². The van der Waals surface area contributed by atoms with Crippen molar-refractivity contribution in [1.82, 2.24) is 0 Å². The summed E-state index contributed by atoms with van der Waals surface area (Å²) in [4.78, 5) is 2.50. The van der Waals surface area contributed by atoms with Gasteiger partial charge in [-0.25, -0.2) is 0 Å². The molecule has 68 heavy (non-hydrogen) atoms. The van der Waals surface area contributed by atoms with Crippen LogP contribution in [0.5, 0.6) is 0 Å². The SMILES string of the molecule is c1ccc(N(c2ccc(-c3cc4ccccc4c4ccccc34)cc2)c2cc3c(cc2-c2ccc(-c4ccc5c(c4)CCCC5)cc2)-c2ccccc2C32c3ccccc3-c3ccccc32)cc1. The lowest BCUT2D eigenvalue weighted by Crippen LogP contribution is -2.26. The van der Waals surface area contributed by atoms with Crippen molar-refractivity contribution in [2.45, 2.75) is 31.1 Å². The van der Waals surface area contributed by atoms with E-state index < -0.39 is 5.41 Å². The predicted molar refractivity (Wildman–Crippen MR) is 285 cm³/mol. The Morgan fingerprint density at radius 2 is 0.809 bits per heavy atom. The van der Waals surface area contributed by atoms with Crippen LogP contribution >= 0.6 is 0 Å². The van der Waals surface area contributed by atoms with E-state index in [0.29, 0.717) is 0 Å². The molecule has 11 aromatic rings. The van der Waals surface area contributed by atoms with Gasteiger partial charge in [0, 0.05) is 16.9 Å². The van der Waals surface area contributed by atoms with Gasteiger partial charge in [0.25, 0.3) is 0 Å². The highest BCUT2D eigenvalue weighted by atomic mass is 15.1. The zero-order valence-electron chi connectivity index (χ0n) is 37.8. The highest BCUT2D eigenvalue weighted by molar-refractivity contribution is 6.14. The Morgan fingerprint density at radius 1 is 0.294 bits per heavy atom. The fourth-order valence-corrected chi connectivity index (χ4v) is 12.4.